The number of alkyl halides is 3. The Hall–Kier alpha value is -3.79. The third kappa shape index (κ3) is 5.98. The van der Waals surface area contributed by atoms with Crippen LogP contribution in [0.15, 0.2) is 72.8 Å². The molecule has 0 radical (unpaired) electrons. The number of anilines is 1. The third-order valence-electron chi connectivity index (χ3n) is 7.76. The van der Waals surface area contributed by atoms with E-state index in [1.54, 1.807) is 12.1 Å². The molecule has 1 saturated carbocycles. The molecule has 3 aromatic rings. The Bertz CT molecular complexity index is 1570. The molecule has 0 amide bonds. The number of benzene rings is 3. The molecule has 1 aliphatic carbocycles. The van der Waals surface area contributed by atoms with Gasteiger partial charge in [-0.15, -0.1) is 0 Å². The fourth-order valence-electron chi connectivity index (χ4n) is 5.52. The lowest BCUT2D eigenvalue weighted by atomic mass is 9.84. The van der Waals surface area contributed by atoms with Crippen LogP contribution >= 0.6 is 0 Å². The number of carbonyl (C=O) groups excluding carboxylic acids is 1. The van der Waals surface area contributed by atoms with Gasteiger partial charge in [0.25, 0.3) is 0 Å². The Kier molecular flexibility index (Phi) is 7.63. The molecule has 3 aromatic carbocycles. The number of hydrogen-bond donors (Lipinski definition) is 0. The second-order valence-electron chi connectivity index (χ2n) is 10.6. The number of methoxy groups -OCH3 is 1. The molecule has 1 fully saturated rings. The molecular weight excluding hydrogens is 555 g/mol. The monoisotopic (exact) mass is 585 g/mol. The first kappa shape index (κ1) is 28.7. The number of esters is 1. The predicted molar refractivity (Wildman–Crippen MR) is 150 cm³/mol. The maximum absolute atomic E-state index is 12.9. The SMILES string of the molecule is COC(=O)/C=C/c1ccc(C2c3ccc(OS(=O)(=O)C(F)(F)F)cc3CC(C)N2c2ccc(C3C[C@H]3C)cc2)cc1. The van der Waals surface area contributed by atoms with Crippen molar-refractivity contribution in [3.63, 3.8) is 0 Å². The van der Waals surface area contributed by atoms with Crippen molar-refractivity contribution in [2.45, 2.75) is 50.2 Å². The molecule has 41 heavy (non-hydrogen) atoms. The van der Waals surface area contributed by atoms with Gasteiger partial charge in [-0.05, 0) is 89.8 Å². The standard InChI is InChI=1S/C31H30F3NO5S/c1-19-16-28(19)22-9-11-25(12-10-22)35-20(2)17-24-18-26(40-41(37,38)31(32,33)34)13-14-27(24)30(35)23-7-4-21(5-8-23)6-15-29(36)39-3/h4-15,18-20,28,30H,16-17H2,1-3H3/b15-6+/t19-,20?,28?,30?/m1/s1. The van der Waals surface area contributed by atoms with Crippen molar-refractivity contribution in [1.29, 1.82) is 0 Å². The molecule has 0 spiro atoms. The average molecular weight is 586 g/mol. The normalized spacial score (nSPS) is 22.3. The first-order chi connectivity index (χ1) is 19.4. The van der Waals surface area contributed by atoms with Crippen LogP contribution in [0, 0.1) is 5.92 Å². The summed E-state index contributed by atoms with van der Waals surface area (Å²) in [6.07, 6.45) is 4.63. The Labute approximate surface area is 237 Å². The molecular formula is C31H30F3NO5S. The summed E-state index contributed by atoms with van der Waals surface area (Å²) in [5, 5.41) is 0. The molecule has 5 rings (SSSR count). The van der Waals surface area contributed by atoms with E-state index in [4.69, 9.17) is 0 Å². The topological polar surface area (TPSA) is 72.9 Å². The van der Waals surface area contributed by atoms with E-state index in [2.05, 4.69) is 45.0 Å². The molecule has 0 saturated heterocycles. The summed E-state index contributed by atoms with van der Waals surface area (Å²) in [6.45, 7) is 4.26. The van der Waals surface area contributed by atoms with E-state index in [1.807, 2.05) is 31.2 Å². The van der Waals surface area contributed by atoms with Gasteiger partial charge in [0, 0.05) is 17.8 Å². The van der Waals surface area contributed by atoms with Crippen LogP contribution < -0.4 is 9.08 Å². The first-order valence-corrected chi connectivity index (χ1v) is 14.7. The van der Waals surface area contributed by atoms with E-state index >= 15 is 0 Å². The van der Waals surface area contributed by atoms with Gasteiger partial charge in [-0.2, -0.15) is 21.6 Å². The summed E-state index contributed by atoms with van der Waals surface area (Å²) in [5.41, 5.74) is 0.0222. The highest BCUT2D eigenvalue weighted by molar-refractivity contribution is 7.88. The van der Waals surface area contributed by atoms with Crippen LogP contribution in [-0.2, 0) is 26.1 Å². The predicted octanol–water partition coefficient (Wildman–Crippen LogP) is 6.77. The lowest BCUT2D eigenvalue weighted by Gasteiger charge is -2.44. The molecule has 3 unspecified atom stereocenters. The van der Waals surface area contributed by atoms with Gasteiger partial charge in [-0.25, -0.2) is 4.79 Å². The Morgan fingerprint density at radius 2 is 1.61 bits per heavy atom. The largest absolute Gasteiger partial charge is 0.534 e. The van der Waals surface area contributed by atoms with Crippen LogP contribution in [0.2, 0.25) is 0 Å². The summed E-state index contributed by atoms with van der Waals surface area (Å²) in [7, 11) is -4.48. The quantitative estimate of drug-likeness (QED) is 0.132. The number of carbonyl (C=O) groups is 1. The zero-order valence-corrected chi connectivity index (χ0v) is 23.6. The van der Waals surface area contributed by atoms with Crippen LogP contribution in [0.5, 0.6) is 5.75 Å². The molecule has 6 nitrogen and oxygen atoms in total. The van der Waals surface area contributed by atoms with E-state index < -0.39 is 21.6 Å². The molecule has 0 aromatic heterocycles. The van der Waals surface area contributed by atoms with Gasteiger partial charge < -0.3 is 13.8 Å². The van der Waals surface area contributed by atoms with Crippen molar-refractivity contribution in [2.24, 2.45) is 5.92 Å². The van der Waals surface area contributed by atoms with Gasteiger partial charge >= 0.3 is 21.6 Å². The lowest BCUT2D eigenvalue weighted by Crippen LogP contribution is -2.43. The van der Waals surface area contributed by atoms with Crippen LogP contribution in [0.1, 0.15) is 60.0 Å². The number of rotatable bonds is 7. The van der Waals surface area contributed by atoms with Crippen molar-refractivity contribution >= 4 is 27.9 Å². The van der Waals surface area contributed by atoms with Crippen LogP contribution in [0.25, 0.3) is 6.08 Å². The van der Waals surface area contributed by atoms with E-state index in [9.17, 15) is 26.4 Å². The number of fused-ring (bicyclic) bond motifs is 1. The Morgan fingerprint density at radius 1 is 0.976 bits per heavy atom. The van der Waals surface area contributed by atoms with Gasteiger partial charge in [-0.3, -0.25) is 0 Å². The van der Waals surface area contributed by atoms with Gasteiger partial charge in [-0.1, -0.05) is 49.4 Å². The summed E-state index contributed by atoms with van der Waals surface area (Å²) in [4.78, 5) is 13.8. The first-order valence-electron chi connectivity index (χ1n) is 13.3. The fraction of sp³-hybridized carbons (Fsp3) is 0.323. The lowest BCUT2D eigenvalue weighted by molar-refractivity contribution is -0.134. The molecule has 1 aliphatic heterocycles. The van der Waals surface area contributed by atoms with Crippen LogP contribution in [0.4, 0.5) is 18.9 Å². The van der Waals surface area contributed by atoms with Gasteiger partial charge in [0.2, 0.25) is 0 Å². The number of nitrogens with zero attached hydrogens (tertiary/aromatic N) is 1. The summed E-state index contributed by atoms with van der Waals surface area (Å²) < 4.78 is 71.2. The molecule has 0 bridgehead atoms. The Balaban J connectivity index is 1.54. The highest BCUT2D eigenvalue weighted by atomic mass is 32.2. The second-order valence-corrected chi connectivity index (χ2v) is 12.2. The maximum atomic E-state index is 12.9. The van der Waals surface area contributed by atoms with E-state index in [-0.39, 0.29) is 17.8 Å². The van der Waals surface area contributed by atoms with E-state index in [1.165, 1.54) is 37.3 Å². The minimum absolute atomic E-state index is 0.0773. The highest BCUT2D eigenvalue weighted by Gasteiger charge is 2.48. The number of ether oxygens (including phenoxy) is 1. The van der Waals surface area contributed by atoms with Gasteiger partial charge in [0.1, 0.15) is 5.75 Å². The van der Waals surface area contributed by atoms with Gasteiger partial charge in [0.05, 0.1) is 13.2 Å². The minimum Gasteiger partial charge on any atom is -0.466 e. The number of hydrogen-bond acceptors (Lipinski definition) is 6. The fourth-order valence-corrected chi connectivity index (χ4v) is 5.97. The summed E-state index contributed by atoms with van der Waals surface area (Å²) in [6, 6.07) is 20.0. The van der Waals surface area contributed by atoms with Crippen molar-refractivity contribution in [3.8, 4) is 5.75 Å². The molecule has 0 N–H and O–H groups in total. The van der Waals surface area contributed by atoms with Crippen molar-refractivity contribution in [2.75, 3.05) is 12.0 Å². The zero-order chi connectivity index (χ0) is 29.5. The van der Waals surface area contributed by atoms with Crippen molar-refractivity contribution < 1.29 is 35.3 Å². The molecule has 2 aliphatic rings. The molecule has 1 heterocycles. The molecule has 10 heteroatoms. The zero-order valence-electron chi connectivity index (χ0n) is 22.8. The summed E-state index contributed by atoms with van der Waals surface area (Å²) in [5.74, 6) is 0.409. The highest BCUT2D eigenvalue weighted by Crippen LogP contribution is 2.48. The smallest absolute Gasteiger partial charge is 0.466 e. The van der Waals surface area contributed by atoms with Crippen LogP contribution in [-0.4, -0.2) is 33.0 Å². The Morgan fingerprint density at radius 3 is 2.20 bits per heavy atom. The molecule has 216 valence electrons. The minimum atomic E-state index is -5.79. The van der Waals surface area contributed by atoms with E-state index in [0.29, 0.717) is 23.8 Å². The average Bonchev–Trinajstić information content (AvgIpc) is 3.66. The number of halogens is 3. The van der Waals surface area contributed by atoms with Crippen molar-refractivity contribution in [3.05, 3.63) is 101 Å². The maximum Gasteiger partial charge on any atom is 0.534 e. The van der Waals surface area contributed by atoms with Crippen molar-refractivity contribution in [1.82, 2.24) is 0 Å². The second kappa shape index (κ2) is 10.9. The van der Waals surface area contributed by atoms with Crippen LogP contribution in [0.3, 0.4) is 0 Å². The third-order valence-corrected chi connectivity index (χ3v) is 8.74. The van der Waals surface area contributed by atoms with Gasteiger partial charge in [0.15, 0.2) is 0 Å². The molecule has 4 atom stereocenters. The van der Waals surface area contributed by atoms with E-state index in [0.717, 1.165) is 22.4 Å². The summed E-state index contributed by atoms with van der Waals surface area (Å²) >= 11 is 0.